The van der Waals surface area contributed by atoms with Gasteiger partial charge in [-0.3, -0.25) is 14.4 Å². The number of halogens is 1. The van der Waals surface area contributed by atoms with Crippen LogP contribution in [-0.4, -0.2) is 57.1 Å². The van der Waals surface area contributed by atoms with Crippen LogP contribution >= 0.6 is 15.9 Å². The van der Waals surface area contributed by atoms with Gasteiger partial charge >= 0.3 is 5.97 Å². The van der Waals surface area contributed by atoms with Gasteiger partial charge in [0, 0.05) is 23.6 Å². The average molecular weight is 479 g/mol. The van der Waals surface area contributed by atoms with Gasteiger partial charge in [-0.2, -0.15) is 0 Å². The summed E-state index contributed by atoms with van der Waals surface area (Å²) in [7, 11) is 4.57. The summed E-state index contributed by atoms with van der Waals surface area (Å²) in [5.41, 5.74) is 1.23. The number of likely N-dealkylation sites (N-methyl/N-ethyl adjacent to an activating group) is 1. The number of hydrogen-bond donors (Lipinski definition) is 1. The number of rotatable bonds is 9. The van der Waals surface area contributed by atoms with E-state index in [1.807, 2.05) is 24.3 Å². The first kappa shape index (κ1) is 23.2. The molecule has 0 aliphatic rings. The molecule has 0 saturated heterocycles. The standard InChI is InChI=1S/C21H23BrN2O6/c1-24(12-15-6-4-5-7-16(15)22)19(25)13-30-20(26)11-23-21(27)14-8-9-17(28-2)18(10-14)29-3/h4-10H,11-13H2,1-3H3,(H,23,27). The molecule has 30 heavy (non-hydrogen) atoms. The molecule has 9 heteroatoms. The molecule has 0 atom stereocenters. The Morgan fingerprint density at radius 1 is 1.03 bits per heavy atom. The molecule has 2 amide bonds. The lowest BCUT2D eigenvalue weighted by molar-refractivity contribution is -0.150. The summed E-state index contributed by atoms with van der Waals surface area (Å²) in [5, 5.41) is 2.45. The Kier molecular flexibility index (Phi) is 8.67. The van der Waals surface area contributed by atoms with Crippen molar-refractivity contribution in [2.75, 3.05) is 34.4 Å². The van der Waals surface area contributed by atoms with Gasteiger partial charge in [0.05, 0.1) is 14.2 Å². The van der Waals surface area contributed by atoms with Crippen LogP contribution in [0.3, 0.4) is 0 Å². The summed E-state index contributed by atoms with van der Waals surface area (Å²) in [6.07, 6.45) is 0. The van der Waals surface area contributed by atoms with Crippen LogP contribution in [0.1, 0.15) is 15.9 Å². The Balaban J connectivity index is 1.79. The van der Waals surface area contributed by atoms with E-state index in [1.54, 1.807) is 19.2 Å². The predicted molar refractivity (Wildman–Crippen MR) is 113 cm³/mol. The summed E-state index contributed by atoms with van der Waals surface area (Å²) in [6, 6.07) is 12.2. The first-order valence-corrected chi connectivity index (χ1v) is 9.78. The fourth-order valence-corrected chi connectivity index (χ4v) is 2.92. The number of esters is 1. The molecule has 2 rings (SSSR count). The van der Waals surface area contributed by atoms with Gasteiger partial charge in [0.1, 0.15) is 6.54 Å². The Labute approximate surface area is 183 Å². The normalized spacial score (nSPS) is 10.1. The minimum Gasteiger partial charge on any atom is -0.493 e. The molecule has 0 spiro atoms. The van der Waals surface area contributed by atoms with Gasteiger partial charge in [0.25, 0.3) is 11.8 Å². The van der Waals surface area contributed by atoms with Gasteiger partial charge < -0.3 is 24.4 Å². The maximum Gasteiger partial charge on any atom is 0.325 e. The van der Waals surface area contributed by atoms with Crippen molar-refractivity contribution in [3.8, 4) is 11.5 Å². The monoisotopic (exact) mass is 478 g/mol. The maximum atomic E-state index is 12.2. The van der Waals surface area contributed by atoms with Gasteiger partial charge in [-0.15, -0.1) is 0 Å². The molecule has 2 aromatic carbocycles. The lowest BCUT2D eigenvalue weighted by atomic mass is 10.2. The van der Waals surface area contributed by atoms with E-state index >= 15 is 0 Å². The van der Waals surface area contributed by atoms with Crippen LogP contribution in [0.2, 0.25) is 0 Å². The van der Waals surface area contributed by atoms with Crippen molar-refractivity contribution in [1.29, 1.82) is 0 Å². The Morgan fingerprint density at radius 2 is 1.73 bits per heavy atom. The van der Waals surface area contributed by atoms with Gasteiger partial charge in [-0.05, 0) is 29.8 Å². The number of nitrogens with one attached hydrogen (secondary N) is 1. The third-order valence-electron chi connectivity index (χ3n) is 4.19. The van der Waals surface area contributed by atoms with Crippen molar-refractivity contribution in [2.24, 2.45) is 0 Å². The van der Waals surface area contributed by atoms with Crippen molar-refractivity contribution < 1.29 is 28.6 Å². The van der Waals surface area contributed by atoms with Crippen molar-refractivity contribution in [1.82, 2.24) is 10.2 Å². The van der Waals surface area contributed by atoms with Crippen LogP contribution in [-0.2, 0) is 20.9 Å². The molecule has 0 unspecified atom stereocenters. The SMILES string of the molecule is COc1ccc(C(=O)NCC(=O)OCC(=O)N(C)Cc2ccccc2Br)cc1OC. The predicted octanol–water partition coefficient (Wildman–Crippen LogP) is 2.40. The second kappa shape index (κ2) is 11.2. The molecule has 2 aromatic rings. The molecule has 0 fully saturated rings. The van der Waals surface area contributed by atoms with Gasteiger partial charge in [0.2, 0.25) is 0 Å². The minimum absolute atomic E-state index is 0.296. The molecule has 0 aromatic heterocycles. The number of benzene rings is 2. The van der Waals surface area contributed by atoms with Crippen LogP contribution in [0, 0.1) is 0 Å². The molecule has 0 heterocycles. The van der Waals surface area contributed by atoms with E-state index in [9.17, 15) is 14.4 Å². The van der Waals surface area contributed by atoms with E-state index in [4.69, 9.17) is 14.2 Å². The molecule has 8 nitrogen and oxygen atoms in total. The van der Waals surface area contributed by atoms with Gasteiger partial charge in [0.15, 0.2) is 18.1 Å². The molecule has 0 bridgehead atoms. The average Bonchev–Trinajstić information content (AvgIpc) is 2.76. The van der Waals surface area contributed by atoms with Gasteiger partial charge in [-0.25, -0.2) is 0 Å². The zero-order valence-electron chi connectivity index (χ0n) is 16.9. The molecule has 0 radical (unpaired) electrons. The summed E-state index contributed by atoms with van der Waals surface area (Å²) in [4.78, 5) is 37.7. The Hall–Kier alpha value is -3.07. The fourth-order valence-electron chi connectivity index (χ4n) is 2.51. The first-order valence-electron chi connectivity index (χ1n) is 8.99. The van der Waals surface area contributed by atoms with E-state index < -0.39 is 18.5 Å². The number of nitrogens with zero attached hydrogens (tertiary/aromatic N) is 1. The lowest BCUT2D eigenvalue weighted by Gasteiger charge is -2.18. The first-order chi connectivity index (χ1) is 14.3. The highest BCUT2D eigenvalue weighted by Crippen LogP contribution is 2.27. The number of hydrogen-bond acceptors (Lipinski definition) is 6. The maximum absolute atomic E-state index is 12.2. The van der Waals surface area contributed by atoms with E-state index in [0.29, 0.717) is 23.6 Å². The molecular formula is C21H23BrN2O6. The zero-order chi connectivity index (χ0) is 22.1. The summed E-state index contributed by atoms with van der Waals surface area (Å²) >= 11 is 3.43. The number of amides is 2. The number of methoxy groups -OCH3 is 2. The topological polar surface area (TPSA) is 94.2 Å². The molecule has 0 saturated carbocycles. The number of ether oxygens (including phenoxy) is 3. The third kappa shape index (κ3) is 6.48. The van der Waals surface area contributed by atoms with Crippen LogP contribution in [0.15, 0.2) is 46.9 Å². The van der Waals surface area contributed by atoms with E-state index in [0.717, 1.165) is 10.0 Å². The highest BCUT2D eigenvalue weighted by atomic mass is 79.9. The van der Waals surface area contributed by atoms with Crippen molar-refractivity contribution in [3.63, 3.8) is 0 Å². The van der Waals surface area contributed by atoms with E-state index in [1.165, 1.54) is 25.2 Å². The molecule has 0 aliphatic heterocycles. The van der Waals surface area contributed by atoms with Crippen LogP contribution in [0.25, 0.3) is 0 Å². The van der Waals surface area contributed by atoms with Crippen molar-refractivity contribution in [3.05, 3.63) is 58.1 Å². The zero-order valence-corrected chi connectivity index (χ0v) is 18.5. The number of carbonyl (C=O) groups excluding carboxylic acids is 3. The van der Waals surface area contributed by atoms with Crippen molar-refractivity contribution in [2.45, 2.75) is 6.54 Å². The van der Waals surface area contributed by atoms with E-state index in [2.05, 4.69) is 21.2 Å². The van der Waals surface area contributed by atoms with E-state index in [-0.39, 0.29) is 12.5 Å². The van der Waals surface area contributed by atoms with Crippen molar-refractivity contribution >= 4 is 33.7 Å². The summed E-state index contributed by atoms with van der Waals surface area (Å²) in [5.74, 6) is -0.674. The molecule has 0 aliphatic carbocycles. The minimum atomic E-state index is -0.716. The van der Waals surface area contributed by atoms with Crippen LogP contribution < -0.4 is 14.8 Å². The molecular weight excluding hydrogens is 456 g/mol. The highest BCUT2D eigenvalue weighted by Gasteiger charge is 2.15. The Bertz CT molecular complexity index is 918. The Morgan fingerprint density at radius 3 is 2.40 bits per heavy atom. The van der Waals surface area contributed by atoms with Gasteiger partial charge in [-0.1, -0.05) is 34.1 Å². The smallest absolute Gasteiger partial charge is 0.325 e. The largest absolute Gasteiger partial charge is 0.493 e. The summed E-state index contributed by atoms with van der Waals surface area (Å²) in [6.45, 7) is -0.408. The third-order valence-corrected chi connectivity index (χ3v) is 4.96. The molecule has 1 N–H and O–H groups in total. The fraction of sp³-hybridized carbons (Fsp3) is 0.286. The lowest BCUT2D eigenvalue weighted by Crippen LogP contribution is -2.34. The quantitative estimate of drug-likeness (QED) is 0.556. The highest BCUT2D eigenvalue weighted by molar-refractivity contribution is 9.10. The van der Waals surface area contributed by atoms with Crippen LogP contribution in [0.5, 0.6) is 11.5 Å². The van der Waals surface area contributed by atoms with Crippen LogP contribution in [0.4, 0.5) is 0 Å². The second-order valence-corrected chi connectivity index (χ2v) is 7.11. The second-order valence-electron chi connectivity index (χ2n) is 6.25. The molecule has 160 valence electrons. The number of carbonyl (C=O) groups is 3. The summed E-state index contributed by atoms with van der Waals surface area (Å²) < 4.78 is 16.1.